The van der Waals surface area contributed by atoms with Gasteiger partial charge in [-0.15, -0.1) is 10.2 Å². The molecule has 21 heavy (non-hydrogen) atoms. The van der Waals surface area contributed by atoms with Crippen molar-refractivity contribution < 1.29 is 0 Å². The fraction of sp³-hybridized carbons (Fsp3) is 0.500. The molecular formula is C16H19BrN4. The predicted molar refractivity (Wildman–Crippen MR) is 85.1 cm³/mol. The van der Waals surface area contributed by atoms with Gasteiger partial charge in [-0.3, -0.25) is 0 Å². The average molecular weight is 347 g/mol. The van der Waals surface area contributed by atoms with Crippen LogP contribution in [-0.2, 0) is 19.4 Å². The molecule has 4 rings (SSSR count). The lowest BCUT2D eigenvalue weighted by atomic mass is 10.1. The molecular weight excluding hydrogens is 328 g/mol. The maximum Gasteiger partial charge on any atom is 0.149 e. The number of halogens is 1. The standard InChI is InChI=1S/C16H19BrN4/c1-10(16-20-19-15-3-2-8-21(15)16)18-14-7-4-11-9-12(17)5-6-13(11)14/h5-6,9-10,14,18H,2-4,7-8H2,1H3. The van der Waals surface area contributed by atoms with E-state index in [1.807, 2.05) is 0 Å². The molecule has 2 aromatic rings. The van der Waals surface area contributed by atoms with Gasteiger partial charge in [-0.25, -0.2) is 0 Å². The summed E-state index contributed by atoms with van der Waals surface area (Å²) in [5.41, 5.74) is 2.90. The Morgan fingerprint density at radius 3 is 3.14 bits per heavy atom. The van der Waals surface area contributed by atoms with Crippen molar-refractivity contribution in [2.45, 2.75) is 51.2 Å². The summed E-state index contributed by atoms with van der Waals surface area (Å²) < 4.78 is 3.46. The molecule has 1 aliphatic carbocycles. The number of rotatable bonds is 3. The summed E-state index contributed by atoms with van der Waals surface area (Å²) in [6.07, 6.45) is 4.58. The highest BCUT2D eigenvalue weighted by atomic mass is 79.9. The quantitative estimate of drug-likeness (QED) is 0.926. The third-order valence-electron chi connectivity index (χ3n) is 4.66. The maximum atomic E-state index is 4.39. The molecule has 2 heterocycles. The van der Waals surface area contributed by atoms with Crippen molar-refractivity contribution in [3.05, 3.63) is 45.4 Å². The Kier molecular flexibility index (Phi) is 3.34. The van der Waals surface area contributed by atoms with Gasteiger partial charge >= 0.3 is 0 Å². The highest BCUT2D eigenvalue weighted by molar-refractivity contribution is 9.10. The third kappa shape index (κ3) is 2.32. The van der Waals surface area contributed by atoms with Gasteiger partial charge in [0.05, 0.1) is 6.04 Å². The van der Waals surface area contributed by atoms with Crippen LogP contribution in [0.2, 0.25) is 0 Å². The summed E-state index contributed by atoms with van der Waals surface area (Å²) in [5, 5.41) is 12.5. The summed E-state index contributed by atoms with van der Waals surface area (Å²) in [7, 11) is 0. The van der Waals surface area contributed by atoms with Crippen molar-refractivity contribution >= 4 is 15.9 Å². The normalized spacial score (nSPS) is 21.3. The van der Waals surface area contributed by atoms with Crippen LogP contribution in [0.15, 0.2) is 22.7 Å². The van der Waals surface area contributed by atoms with E-state index in [9.17, 15) is 0 Å². The largest absolute Gasteiger partial charge is 0.314 e. The zero-order valence-corrected chi connectivity index (χ0v) is 13.7. The SMILES string of the molecule is CC(NC1CCc2cc(Br)ccc21)c1nnc2n1CCC2. The van der Waals surface area contributed by atoms with E-state index >= 15 is 0 Å². The van der Waals surface area contributed by atoms with Gasteiger partial charge in [-0.05, 0) is 49.4 Å². The number of aromatic nitrogens is 3. The molecule has 2 atom stereocenters. The van der Waals surface area contributed by atoms with Crippen LogP contribution < -0.4 is 5.32 Å². The maximum absolute atomic E-state index is 4.39. The Hall–Kier alpha value is -1.20. The van der Waals surface area contributed by atoms with Gasteiger partial charge < -0.3 is 9.88 Å². The molecule has 1 aliphatic heterocycles. The molecule has 2 aliphatic rings. The third-order valence-corrected chi connectivity index (χ3v) is 5.15. The second-order valence-corrected chi connectivity index (χ2v) is 6.97. The first-order valence-electron chi connectivity index (χ1n) is 7.69. The average Bonchev–Trinajstić information content (AvgIpc) is 3.13. The molecule has 1 aromatic carbocycles. The predicted octanol–water partition coefficient (Wildman–Crippen LogP) is 3.32. The van der Waals surface area contributed by atoms with Gasteiger partial charge in [0.25, 0.3) is 0 Å². The Morgan fingerprint density at radius 2 is 2.24 bits per heavy atom. The molecule has 1 aromatic heterocycles. The number of fused-ring (bicyclic) bond motifs is 2. The molecule has 0 fully saturated rings. The zero-order chi connectivity index (χ0) is 14.4. The van der Waals surface area contributed by atoms with E-state index in [0.29, 0.717) is 6.04 Å². The fourth-order valence-electron chi connectivity index (χ4n) is 3.63. The number of benzene rings is 1. The van der Waals surface area contributed by atoms with Crippen molar-refractivity contribution in [1.82, 2.24) is 20.1 Å². The van der Waals surface area contributed by atoms with Crippen LogP contribution in [0.1, 0.15) is 54.6 Å². The van der Waals surface area contributed by atoms with Gasteiger partial charge in [-0.2, -0.15) is 0 Å². The summed E-state index contributed by atoms with van der Waals surface area (Å²) in [5.74, 6) is 2.24. The van der Waals surface area contributed by atoms with Crippen LogP contribution in [0.3, 0.4) is 0 Å². The van der Waals surface area contributed by atoms with E-state index in [4.69, 9.17) is 0 Å². The first-order chi connectivity index (χ1) is 10.2. The van der Waals surface area contributed by atoms with Crippen molar-refractivity contribution in [2.75, 3.05) is 0 Å². The van der Waals surface area contributed by atoms with Gasteiger partial charge in [0.2, 0.25) is 0 Å². The first kappa shape index (κ1) is 13.5. The zero-order valence-electron chi connectivity index (χ0n) is 12.1. The minimum Gasteiger partial charge on any atom is -0.314 e. The van der Waals surface area contributed by atoms with Crippen LogP contribution in [0.25, 0.3) is 0 Å². The summed E-state index contributed by atoms with van der Waals surface area (Å²) in [4.78, 5) is 0. The smallest absolute Gasteiger partial charge is 0.149 e. The first-order valence-corrected chi connectivity index (χ1v) is 8.48. The van der Waals surface area contributed by atoms with Gasteiger partial charge in [0, 0.05) is 23.5 Å². The lowest BCUT2D eigenvalue weighted by molar-refractivity contribution is 0.437. The second kappa shape index (κ2) is 5.21. The van der Waals surface area contributed by atoms with Gasteiger partial charge in [-0.1, -0.05) is 22.0 Å². The van der Waals surface area contributed by atoms with Crippen LogP contribution in [0.4, 0.5) is 0 Å². The van der Waals surface area contributed by atoms with E-state index in [1.165, 1.54) is 22.0 Å². The summed E-state index contributed by atoms with van der Waals surface area (Å²) in [6, 6.07) is 7.29. The highest BCUT2D eigenvalue weighted by Gasteiger charge is 2.27. The molecule has 0 bridgehead atoms. The van der Waals surface area contributed by atoms with E-state index in [1.54, 1.807) is 0 Å². The molecule has 0 radical (unpaired) electrons. The van der Waals surface area contributed by atoms with Crippen LogP contribution >= 0.6 is 15.9 Å². The summed E-state index contributed by atoms with van der Waals surface area (Å²) >= 11 is 3.56. The number of aryl methyl sites for hydroxylation is 2. The highest BCUT2D eigenvalue weighted by Crippen LogP contribution is 2.34. The van der Waals surface area contributed by atoms with Crippen molar-refractivity contribution in [3.63, 3.8) is 0 Å². The minimum absolute atomic E-state index is 0.240. The lowest BCUT2D eigenvalue weighted by Gasteiger charge is -2.20. The van der Waals surface area contributed by atoms with Gasteiger partial charge in [0.15, 0.2) is 0 Å². The molecule has 0 amide bonds. The topological polar surface area (TPSA) is 42.7 Å². The van der Waals surface area contributed by atoms with E-state index < -0.39 is 0 Å². The number of hydrogen-bond acceptors (Lipinski definition) is 3. The van der Waals surface area contributed by atoms with E-state index in [2.05, 4.69) is 61.1 Å². The molecule has 2 unspecified atom stereocenters. The van der Waals surface area contributed by atoms with E-state index in [-0.39, 0.29) is 6.04 Å². The lowest BCUT2D eigenvalue weighted by Crippen LogP contribution is -2.25. The fourth-order valence-corrected chi connectivity index (χ4v) is 4.04. The second-order valence-electron chi connectivity index (χ2n) is 6.05. The van der Waals surface area contributed by atoms with Crippen molar-refractivity contribution in [2.24, 2.45) is 0 Å². The molecule has 1 N–H and O–H groups in total. The molecule has 0 saturated carbocycles. The van der Waals surface area contributed by atoms with Crippen LogP contribution in [0.5, 0.6) is 0 Å². The molecule has 110 valence electrons. The Bertz CT molecular complexity index is 679. The van der Waals surface area contributed by atoms with Gasteiger partial charge in [0.1, 0.15) is 11.6 Å². The van der Waals surface area contributed by atoms with Crippen LogP contribution in [0, 0.1) is 0 Å². The Morgan fingerprint density at radius 1 is 1.33 bits per heavy atom. The molecule has 5 heteroatoms. The Balaban J connectivity index is 1.55. The number of nitrogens with zero attached hydrogens (tertiary/aromatic N) is 3. The number of nitrogens with one attached hydrogen (secondary N) is 1. The van der Waals surface area contributed by atoms with Crippen molar-refractivity contribution in [3.8, 4) is 0 Å². The summed E-state index contributed by atoms with van der Waals surface area (Å²) in [6.45, 7) is 3.27. The van der Waals surface area contributed by atoms with E-state index in [0.717, 1.165) is 37.5 Å². The Labute approximate surface area is 133 Å². The van der Waals surface area contributed by atoms with Crippen LogP contribution in [-0.4, -0.2) is 14.8 Å². The molecule has 0 spiro atoms. The molecule has 4 nitrogen and oxygen atoms in total. The minimum atomic E-state index is 0.240. The monoisotopic (exact) mass is 346 g/mol. The number of hydrogen-bond donors (Lipinski definition) is 1. The van der Waals surface area contributed by atoms with Crippen molar-refractivity contribution in [1.29, 1.82) is 0 Å². The molecule has 0 saturated heterocycles.